The number of nitrogens with one attached hydrogen (secondary N) is 2. The molecule has 0 spiro atoms. The van der Waals surface area contributed by atoms with Crippen molar-refractivity contribution < 1.29 is 0 Å². The molecule has 0 amide bonds. The van der Waals surface area contributed by atoms with Gasteiger partial charge in [-0.2, -0.15) is 5.26 Å². The van der Waals surface area contributed by atoms with Gasteiger partial charge in [0.25, 0.3) is 0 Å². The van der Waals surface area contributed by atoms with E-state index >= 15 is 0 Å². The Balaban J connectivity index is 1.59. The highest BCUT2D eigenvalue weighted by Gasteiger charge is 2.13. The number of aromatic nitrogens is 2. The van der Waals surface area contributed by atoms with E-state index in [0.717, 1.165) is 50.2 Å². The van der Waals surface area contributed by atoms with Crippen LogP contribution in [0, 0.1) is 11.3 Å². The number of nitriles is 1. The molecule has 0 unspecified atom stereocenters. The summed E-state index contributed by atoms with van der Waals surface area (Å²) in [5, 5.41) is 14.3. The van der Waals surface area contributed by atoms with E-state index in [0.29, 0.717) is 5.56 Å². The number of pyridine rings is 1. The smallest absolute Gasteiger partial charge is 0.103 e. The van der Waals surface area contributed by atoms with Gasteiger partial charge in [0.2, 0.25) is 0 Å². The van der Waals surface area contributed by atoms with Gasteiger partial charge < -0.3 is 16.0 Å². The van der Waals surface area contributed by atoms with E-state index in [4.69, 9.17) is 5.73 Å². The van der Waals surface area contributed by atoms with E-state index in [-0.39, 0.29) is 0 Å². The quantitative estimate of drug-likeness (QED) is 0.318. The molecule has 0 bridgehead atoms. The molecule has 0 saturated carbocycles. The molecule has 0 aliphatic rings. The third-order valence-electron chi connectivity index (χ3n) is 5.31. The minimum Gasteiger partial charge on any atom is -0.399 e. The summed E-state index contributed by atoms with van der Waals surface area (Å²) in [5.74, 6) is 0. The Morgan fingerprint density at radius 2 is 1.71 bits per heavy atom. The number of rotatable bonds is 4. The van der Waals surface area contributed by atoms with E-state index in [1.54, 1.807) is 12.4 Å². The monoisotopic (exact) mass is 401 g/mol. The topological polar surface area (TPSA) is 90.5 Å². The molecule has 0 saturated heterocycles. The fraction of sp³-hybridized carbons (Fsp3) is 0. The van der Waals surface area contributed by atoms with Crippen LogP contribution in [0.1, 0.15) is 5.56 Å². The second kappa shape index (κ2) is 7.69. The summed E-state index contributed by atoms with van der Waals surface area (Å²) in [6, 6.07) is 26.4. The van der Waals surface area contributed by atoms with E-state index in [1.165, 1.54) is 0 Å². The number of nitrogens with two attached hydrogens (primary N) is 1. The molecule has 31 heavy (non-hydrogen) atoms. The fourth-order valence-corrected chi connectivity index (χ4v) is 3.72. The maximum absolute atomic E-state index is 9.72. The van der Waals surface area contributed by atoms with Crippen LogP contribution in [-0.4, -0.2) is 9.97 Å². The van der Waals surface area contributed by atoms with Gasteiger partial charge in [0, 0.05) is 46.4 Å². The first-order valence-electron chi connectivity index (χ1n) is 9.90. The lowest BCUT2D eigenvalue weighted by Crippen LogP contribution is -1.98. The summed E-state index contributed by atoms with van der Waals surface area (Å²) in [7, 11) is 0. The highest BCUT2D eigenvalue weighted by molar-refractivity contribution is 5.89. The number of nitrogen functional groups attached to an aromatic ring is 1. The largest absolute Gasteiger partial charge is 0.399 e. The van der Waals surface area contributed by atoms with Crippen LogP contribution in [0.25, 0.3) is 33.2 Å². The summed E-state index contributed by atoms with van der Waals surface area (Å²) in [6.07, 6.45) is 5.29. The van der Waals surface area contributed by atoms with Crippen molar-refractivity contribution in [3.8, 4) is 28.3 Å². The van der Waals surface area contributed by atoms with Crippen molar-refractivity contribution in [2.75, 3.05) is 11.1 Å². The molecule has 2 heterocycles. The Kier molecular flexibility index (Phi) is 4.58. The molecule has 5 nitrogen and oxygen atoms in total. The Bertz CT molecular complexity index is 1420. The van der Waals surface area contributed by atoms with E-state index in [1.807, 2.05) is 60.8 Å². The van der Waals surface area contributed by atoms with Crippen LogP contribution in [0.15, 0.2) is 91.4 Å². The minimum absolute atomic E-state index is 0.490. The molecule has 0 fully saturated rings. The second-order valence-electron chi connectivity index (χ2n) is 7.33. The van der Waals surface area contributed by atoms with Crippen LogP contribution in [0.4, 0.5) is 17.1 Å². The van der Waals surface area contributed by atoms with Crippen molar-refractivity contribution in [2.24, 2.45) is 0 Å². The van der Waals surface area contributed by atoms with Crippen molar-refractivity contribution in [1.82, 2.24) is 9.97 Å². The first-order valence-corrected chi connectivity index (χ1v) is 9.90. The number of benzene rings is 3. The van der Waals surface area contributed by atoms with Gasteiger partial charge in [0.05, 0.1) is 11.3 Å². The predicted octanol–water partition coefficient (Wildman–Crippen LogP) is 6.09. The number of aromatic amines is 1. The van der Waals surface area contributed by atoms with Gasteiger partial charge in [0.15, 0.2) is 0 Å². The second-order valence-corrected chi connectivity index (χ2v) is 7.33. The van der Waals surface area contributed by atoms with Crippen LogP contribution in [0.3, 0.4) is 0 Å². The molecule has 3 aromatic carbocycles. The average Bonchev–Trinajstić information content (AvgIpc) is 3.28. The zero-order chi connectivity index (χ0) is 21.2. The average molecular weight is 401 g/mol. The number of hydrogen-bond acceptors (Lipinski definition) is 4. The van der Waals surface area contributed by atoms with Crippen LogP contribution in [0.5, 0.6) is 0 Å². The summed E-state index contributed by atoms with van der Waals surface area (Å²) in [5.41, 5.74) is 13.8. The lowest BCUT2D eigenvalue weighted by molar-refractivity contribution is 1.30. The zero-order valence-electron chi connectivity index (χ0n) is 16.6. The standard InChI is InChI=1S/C26H19N5/c27-14-21-15-29-16-24(26(21)31-23-8-9-25-20(13-23)10-11-30-25)19-3-1-2-18(12-19)17-4-6-22(28)7-5-17/h1-13,15-16,30H,28H2,(H,29,31). The van der Waals surface area contributed by atoms with Gasteiger partial charge in [-0.3, -0.25) is 4.98 Å². The molecule has 2 aromatic heterocycles. The Morgan fingerprint density at radius 1 is 0.871 bits per heavy atom. The lowest BCUT2D eigenvalue weighted by Gasteiger charge is -2.15. The van der Waals surface area contributed by atoms with Gasteiger partial charge >= 0.3 is 0 Å². The number of nitrogens with zero attached hydrogens (tertiary/aromatic N) is 2. The summed E-state index contributed by atoms with van der Waals surface area (Å²) in [4.78, 5) is 7.50. The molecule has 0 atom stereocenters. The lowest BCUT2D eigenvalue weighted by atomic mass is 9.97. The van der Waals surface area contributed by atoms with Crippen LogP contribution >= 0.6 is 0 Å². The molecule has 148 valence electrons. The molecular formula is C26H19N5. The predicted molar refractivity (Wildman–Crippen MR) is 126 cm³/mol. The van der Waals surface area contributed by atoms with Gasteiger partial charge in [-0.25, -0.2) is 0 Å². The number of fused-ring (bicyclic) bond motifs is 1. The maximum atomic E-state index is 9.72. The van der Waals surface area contributed by atoms with Crippen LogP contribution in [0.2, 0.25) is 0 Å². The Hall–Kier alpha value is -4.56. The summed E-state index contributed by atoms with van der Waals surface area (Å²) < 4.78 is 0. The summed E-state index contributed by atoms with van der Waals surface area (Å²) in [6.45, 7) is 0. The highest BCUT2D eigenvalue weighted by Crippen LogP contribution is 2.35. The summed E-state index contributed by atoms with van der Waals surface area (Å²) >= 11 is 0. The zero-order valence-corrected chi connectivity index (χ0v) is 16.6. The van der Waals surface area contributed by atoms with Crippen molar-refractivity contribution in [3.05, 3.63) is 97.0 Å². The van der Waals surface area contributed by atoms with Gasteiger partial charge in [-0.05, 0) is 59.2 Å². The Labute approximate surface area is 179 Å². The first-order chi connectivity index (χ1) is 15.2. The third kappa shape index (κ3) is 3.59. The highest BCUT2D eigenvalue weighted by atomic mass is 14.9. The molecular weight excluding hydrogens is 382 g/mol. The SMILES string of the molecule is N#Cc1cncc(-c2cccc(-c3ccc(N)cc3)c2)c1Nc1ccc2[nH]ccc2c1. The molecule has 0 aliphatic carbocycles. The molecule has 0 aliphatic heterocycles. The normalized spacial score (nSPS) is 10.7. The molecule has 0 radical (unpaired) electrons. The first kappa shape index (κ1) is 18.5. The number of anilines is 3. The van der Waals surface area contributed by atoms with Gasteiger partial charge in [-0.1, -0.05) is 30.3 Å². The number of H-pyrrole nitrogens is 1. The van der Waals surface area contributed by atoms with Gasteiger partial charge in [0.1, 0.15) is 6.07 Å². The third-order valence-corrected chi connectivity index (χ3v) is 5.31. The minimum atomic E-state index is 0.490. The van der Waals surface area contributed by atoms with E-state index < -0.39 is 0 Å². The van der Waals surface area contributed by atoms with E-state index in [2.05, 4.69) is 39.6 Å². The molecule has 4 N–H and O–H groups in total. The van der Waals surface area contributed by atoms with Crippen molar-refractivity contribution in [3.63, 3.8) is 0 Å². The molecule has 5 aromatic rings. The molecule has 5 rings (SSSR count). The molecule has 5 heteroatoms. The van der Waals surface area contributed by atoms with Crippen molar-refractivity contribution in [1.29, 1.82) is 5.26 Å². The van der Waals surface area contributed by atoms with E-state index in [9.17, 15) is 5.26 Å². The fourth-order valence-electron chi connectivity index (χ4n) is 3.72. The number of hydrogen-bond donors (Lipinski definition) is 3. The van der Waals surface area contributed by atoms with Crippen LogP contribution < -0.4 is 11.1 Å². The Morgan fingerprint density at radius 3 is 2.55 bits per heavy atom. The van der Waals surface area contributed by atoms with Crippen molar-refractivity contribution in [2.45, 2.75) is 0 Å². The maximum Gasteiger partial charge on any atom is 0.103 e. The van der Waals surface area contributed by atoms with Crippen LogP contribution in [-0.2, 0) is 0 Å². The van der Waals surface area contributed by atoms with Gasteiger partial charge in [-0.15, -0.1) is 0 Å². The van der Waals surface area contributed by atoms with Crippen molar-refractivity contribution >= 4 is 28.0 Å².